The zero-order valence-electron chi connectivity index (χ0n) is 10.6. The van der Waals surface area contributed by atoms with Gasteiger partial charge in [-0.1, -0.05) is 0 Å². The van der Waals surface area contributed by atoms with Crippen LogP contribution in [0.5, 0.6) is 0 Å². The van der Waals surface area contributed by atoms with Crippen molar-refractivity contribution in [3.63, 3.8) is 0 Å². The molecule has 0 aromatic heterocycles. The number of hydrogen-bond acceptors (Lipinski definition) is 3. The van der Waals surface area contributed by atoms with E-state index < -0.39 is 5.60 Å². The number of ether oxygens (including phenoxy) is 1. The molecule has 90 valence electrons. The SMILES string of the molecule is CC1CCC(CNC(C)(C)C(C)(C)O)O1. The lowest BCUT2D eigenvalue weighted by molar-refractivity contribution is -0.0152. The average Bonchev–Trinajstić information content (AvgIpc) is 2.46. The van der Waals surface area contributed by atoms with E-state index in [0.29, 0.717) is 12.2 Å². The van der Waals surface area contributed by atoms with Gasteiger partial charge in [-0.15, -0.1) is 0 Å². The Labute approximate surface area is 93.2 Å². The van der Waals surface area contributed by atoms with Gasteiger partial charge in [0.25, 0.3) is 0 Å². The summed E-state index contributed by atoms with van der Waals surface area (Å²) in [7, 11) is 0. The van der Waals surface area contributed by atoms with Gasteiger partial charge in [-0.3, -0.25) is 0 Å². The molecule has 1 aliphatic rings. The van der Waals surface area contributed by atoms with Crippen LogP contribution in [-0.4, -0.2) is 35.0 Å². The molecular formula is C12H25NO2. The largest absolute Gasteiger partial charge is 0.389 e. The van der Waals surface area contributed by atoms with Gasteiger partial charge in [-0.25, -0.2) is 0 Å². The lowest BCUT2D eigenvalue weighted by atomic mass is 9.86. The quantitative estimate of drug-likeness (QED) is 0.750. The molecule has 3 heteroatoms. The molecule has 0 spiro atoms. The highest BCUT2D eigenvalue weighted by atomic mass is 16.5. The lowest BCUT2D eigenvalue weighted by Gasteiger charge is -2.39. The smallest absolute Gasteiger partial charge is 0.0767 e. The summed E-state index contributed by atoms with van der Waals surface area (Å²) >= 11 is 0. The highest BCUT2D eigenvalue weighted by Crippen LogP contribution is 2.23. The van der Waals surface area contributed by atoms with Crippen LogP contribution in [0.1, 0.15) is 47.5 Å². The first-order valence-electron chi connectivity index (χ1n) is 5.85. The van der Waals surface area contributed by atoms with Gasteiger partial charge < -0.3 is 15.2 Å². The fourth-order valence-corrected chi connectivity index (χ4v) is 1.62. The van der Waals surface area contributed by atoms with Crippen LogP contribution in [0.25, 0.3) is 0 Å². The normalized spacial score (nSPS) is 28.4. The molecule has 15 heavy (non-hydrogen) atoms. The van der Waals surface area contributed by atoms with Crippen molar-refractivity contribution in [1.29, 1.82) is 0 Å². The summed E-state index contributed by atoms with van der Waals surface area (Å²) in [4.78, 5) is 0. The summed E-state index contributed by atoms with van der Waals surface area (Å²) in [5.74, 6) is 0. The minimum Gasteiger partial charge on any atom is -0.389 e. The molecule has 1 fully saturated rings. The molecule has 2 N–H and O–H groups in total. The third-order valence-electron chi connectivity index (χ3n) is 3.62. The van der Waals surface area contributed by atoms with Gasteiger partial charge >= 0.3 is 0 Å². The van der Waals surface area contributed by atoms with Crippen LogP contribution < -0.4 is 5.32 Å². The standard InChI is InChI=1S/C12H25NO2/c1-9-6-7-10(15-9)8-13-11(2,3)12(4,5)14/h9-10,13-14H,6-8H2,1-5H3. The molecule has 0 amide bonds. The number of rotatable bonds is 4. The van der Waals surface area contributed by atoms with Crippen molar-refractivity contribution in [2.24, 2.45) is 0 Å². The Morgan fingerprint density at radius 1 is 1.27 bits per heavy atom. The second-order valence-electron chi connectivity index (χ2n) is 5.71. The van der Waals surface area contributed by atoms with Crippen LogP contribution in [-0.2, 0) is 4.74 Å². The Morgan fingerprint density at radius 3 is 2.27 bits per heavy atom. The van der Waals surface area contributed by atoms with Crippen LogP contribution in [0.15, 0.2) is 0 Å². The first-order chi connectivity index (χ1) is 6.72. The van der Waals surface area contributed by atoms with E-state index in [1.54, 1.807) is 0 Å². The third-order valence-corrected chi connectivity index (χ3v) is 3.62. The van der Waals surface area contributed by atoms with E-state index in [9.17, 15) is 5.11 Å². The van der Waals surface area contributed by atoms with Gasteiger partial charge in [0.1, 0.15) is 0 Å². The Balaban J connectivity index is 2.36. The molecule has 1 saturated heterocycles. The van der Waals surface area contributed by atoms with Gasteiger partial charge in [0.2, 0.25) is 0 Å². The Kier molecular flexibility index (Phi) is 3.80. The van der Waals surface area contributed by atoms with Gasteiger partial charge in [0, 0.05) is 12.1 Å². The van der Waals surface area contributed by atoms with Crippen molar-refractivity contribution in [2.75, 3.05) is 6.54 Å². The molecule has 0 bridgehead atoms. The maximum atomic E-state index is 9.97. The summed E-state index contributed by atoms with van der Waals surface area (Å²) in [5.41, 5.74) is -1.01. The number of aliphatic hydroxyl groups is 1. The van der Waals surface area contributed by atoms with Crippen molar-refractivity contribution in [2.45, 2.75) is 70.8 Å². The fourth-order valence-electron chi connectivity index (χ4n) is 1.62. The third kappa shape index (κ3) is 3.44. The van der Waals surface area contributed by atoms with Crippen molar-refractivity contribution >= 4 is 0 Å². The Hall–Kier alpha value is -0.120. The number of nitrogens with one attached hydrogen (secondary N) is 1. The first kappa shape index (κ1) is 12.9. The molecule has 3 nitrogen and oxygen atoms in total. The molecule has 0 aliphatic carbocycles. The molecule has 2 unspecified atom stereocenters. The van der Waals surface area contributed by atoms with Gasteiger partial charge in [-0.05, 0) is 47.5 Å². The molecular weight excluding hydrogens is 190 g/mol. The van der Waals surface area contributed by atoms with Gasteiger partial charge in [-0.2, -0.15) is 0 Å². The monoisotopic (exact) mass is 215 g/mol. The predicted molar refractivity (Wildman–Crippen MR) is 61.9 cm³/mol. The lowest BCUT2D eigenvalue weighted by Crippen LogP contribution is -2.57. The molecule has 0 saturated carbocycles. The molecule has 2 atom stereocenters. The molecule has 1 heterocycles. The van der Waals surface area contributed by atoms with Crippen LogP contribution in [0.2, 0.25) is 0 Å². The molecule has 0 radical (unpaired) electrons. The van der Waals surface area contributed by atoms with Crippen molar-refractivity contribution in [1.82, 2.24) is 5.32 Å². The van der Waals surface area contributed by atoms with E-state index >= 15 is 0 Å². The second-order valence-corrected chi connectivity index (χ2v) is 5.71. The van der Waals surface area contributed by atoms with E-state index in [2.05, 4.69) is 12.2 Å². The predicted octanol–water partition coefficient (Wildman–Crippen LogP) is 1.69. The summed E-state index contributed by atoms with van der Waals surface area (Å²) < 4.78 is 5.73. The first-order valence-corrected chi connectivity index (χ1v) is 5.85. The van der Waals surface area contributed by atoms with Crippen molar-refractivity contribution in [3.05, 3.63) is 0 Å². The summed E-state index contributed by atoms with van der Waals surface area (Å²) in [5, 5.41) is 13.4. The average molecular weight is 215 g/mol. The van der Waals surface area contributed by atoms with Crippen molar-refractivity contribution in [3.8, 4) is 0 Å². The van der Waals surface area contributed by atoms with E-state index in [4.69, 9.17) is 4.74 Å². The summed E-state index contributed by atoms with van der Waals surface area (Å²) in [6.45, 7) is 10.6. The molecule has 0 aromatic carbocycles. The van der Waals surface area contributed by atoms with Gasteiger partial charge in [0.05, 0.1) is 17.8 Å². The topological polar surface area (TPSA) is 41.5 Å². The van der Waals surface area contributed by atoms with Crippen LogP contribution >= 0.6 is 0 Å². The second kappa shape index (κ2) is 4.40. The van der Waals surface area contributed by atoms with E-state index in [1.165, 1.54) is 0 Å². The molecule has 1 aliphatic heterocycles. The maximum Gasteiger partial charge on any atom is 0.0767 e. The van der Waals surface area contributed by atoms with Crippen molar-refractivity contribution < 1.29 is 9.84 Å². The zero-order valence-corrected chi connectivity index (χ0v) is 10.6. The number of hydrogen-bond donors (Lipinski definition) is 2. The summed E-state index contributed by atoms with van der Waals surface area (Å²) in [6, 6.07) is 0. The van der Waals surface area contributed by atoms with Crippen LogP contribution in [0, 0.1) is 0 Å². The van der Waals surface area contributed by atoms with Crippen LogP contribution in [0.4, 0.5) is 0 Å². The van der Waals surface area contributed by atoms with E-state index in [0.717, 1.165) is 19.4 Å². The highest BCUT2D eigenvalue weighted by molar-refractivity contribution is 4.94. The zero-order chi connectivity index (χ0) is 11.7. The Morgan fingerprint density at radius 2 is 1.87 bits per heavy atom. The summed E-state index contributed by atoms with van der Waals surface area (Å²) in [6.07, 6.45) is 2.97. The Bertz CT molecular complexity index is 208. The molecule has 0 aromatic rings. The highest BCUT2D eigenvalue weighted by Gasteiger charge is 2.35. The minimum absolute atomic E-state index is 0.289. The van der Waals surface area contributed by atoms with E-state index in [-0.39, 0.29) is 5.54 Å². The fraction of sp³-hybridized carbons (Fsp3) is 1.00. The van der Waals surface area contributed by atoms with Crippen LogP contribution in [0.3, 0.4) is 0 Å². The maximum absolute atomic E-state index is 9.97. The van der Waals surface area contributed by atoms with Gasteiger partial charge in [0.15, 0.2) is 0 Å². The van der Waals surface area contributed by atoms with E-state index in [1.807, 2.05) is 27.7 Å². The minimum atomic E-state index is -0.725. The molecule has 1 rings (SSSR count).